The molecule has 0 aromatic carbocycles. The van der Waals surface area contributed by atoms with E-state index in [9.17, 15) is 4.79 Å². The molecule has 1 aromatic rings. The van der Waals surface area contributed by atoms with Gasteiger partial charge < -0.3 is 13.9 Å². The number of nitrogens with zero attached hydrogens (tertiary/aromatic N) is 2. The van der Waals surface area contributed by atoms with Crippen LogP contribution >= 0.6 is 0 Å². The van der Waals surface area contributed by atoms with Crippen LogP contribution < -0.4 is 0 Å². The van der Waals surface area contributed by atoms with Gasteiger partial charge in [-0.25, -0.2) is 9.78 Å². The smallest absolute Gasteiger partial charge is 0.360 e. The first kappa shape index (κ1) is 17.0. The second-order valence-electron chi connectivity index (χ2n) is 6.46. The van der Waals surface area contributed by atoms with Crippen LogP contribution in [0.4, 0.5) is 0 Å². The van der Waals surface area contributed by atoms with Crippen molar-refractivity contribution in [3.05, 3.63) is 17.8 Å². The minimum atomic E-state index is -0.443. The maximum absolute atomic E-state index is 12.1. The van der Waals surface area contributed by atoms with E-state index >= 15 is 0 Å². The normalized spacial score (nSPS) is 19.8. The van der Waals surface area contributed by atoms with Gasteiger partial charge in [-0.1, -0.05) is 27.7 Å². The molecule has 0 bridgehead atoms. The molecule has 0 spiro atoms. The number of carbonyl (C=O) groups excluding carboxylic acids is 1. The quantitative estimate of drug-likeness (QED) is 0.751. The van der Waals surface area contributed by atoms with Crippen LogP contribution in [0.2, 0.25) is 0 Å². The summed E-state index contributed by atoms with van der Waals surface area (Å²) in [5.74, 6) is 0.834. The SMILES string of the molecule is CC(C)CN1CCO[C@H](COC(=O)c2ncoc2C(C)C)C1. The monoisotopic (exact) mass is 310 g/mol. The van der Waals surface area contributed by atoms with Gasteiger partial charge >= 0.3 is 5.97 Å². The minimum absolute atomic E-state index is 0.0779. The summed E-state index contributed by atoms with van der Waals surface area (Å²) in [7, 11) is 0. The Bertz CT molecular complexity index is 484. The molecule has 0 saturated carbocycles. The predicted octanol–water partition coefficient (Wildman–Crippen LogP) is 2.31. The molecular weight excluding hydrogens is 284 g/mol. The summed E-state index contributed by atoms with van der Waals surface area (Å²) in [6.07, 6.45) is 1.21. The molecule has 1 aliphatic rings. The number of rotatable bonds is 6. The third-order valence-corrected chi connectivity index (χ3v) is 3.56. The minimum Gasteiger partial charge on any atom is -0.458 e. The third kappa shape index (κ3) is 4.55. The summed E-state index contributed by atoms with van der Waals surface area (Å²) in [6, 6.07) is 0. The molecule has 124 valence electrons. The maximum atomic E-state index is 12.1. The number of hydrogen-bond donors (Lipinski definition) is 0. The van der Waals surface area contributed by atoms with Gasteiger partial charge in [0.25, 0.3) is 0 Å². The Labute approximate surface area is 131 Å². The first-order chi connectivity index (χ1) is 10.5. The van der Waals surface area contributed by atoms with Crippen LogP contribution in [0.15, 0.2) is 10.8 Å². The predicted molar refractivity (Wildman–Crippen MR) is 81.9 cm³/mol. The van der Waals surface area contributed by atoms with Crippen LogP contribution in [0.5, 0.6) is 0 Å². The van der Waals surface area contributed by atoms with Crippen LogP contribution in [0, 0.1) is 5.92 Å². The van der Waals surface area contributed by atoms with Gasteiger partial charge in [0.15, 0.2) is 12.1 Å². The lowest BCUT2D eigenvalue weighted by Crippen LogP contribution is -2.45. The number of oxazole rings is 1. The van der Waals surface area contributed by atoms with Crippen LogP contribution in [0.3, 0.4) is 0 Å². The van der Waals surface area contributed by atoms with E-state index in [1.54, 1.807) is 0 Å². The molecule has 0 unspecified atom stereocenters. The number of aromatic nitrogens is 1. The van der Waals surface area contributed by atoms with E-state index in [4.69, 9.17) is 13.9 Å². The highest BCUT2D eigenvalue weighted by molar-refractivity contribution is 5.88. The van der Waals surface area contributed by atoms with Gasteiger partial charge in [-0.15, -0.1) is 0 Å². The van der Waals surface area contributed by atoms with Crippen molar-refractivity contribution in [3.8, 4) is 0 Å². The van der Waals surface area contributed by atoms with Crippen molar-refractivity contribution in [3.63, 3.8) is 0 Å². The van der Waals surface area contributed by atoms with Gasteiger partial charge in [0.1, 0.15) is 18.5 Å². The van der Waals surface area contributed by atoms with Crippen molar-refractivity contribution in [2.75, 3.05) is 32.8 Å². The molecule has 0 N–H and O–H groups in total. The highest BCUT2D eigenvalue weighted by atomic mass is 16.6. The van der Waals surface area contributed by atoms with Gasteiger partial charge in [-0.05, 0) is 5.92 Å². The molecule has 6 nitrogen and oxygen atoms in total. The third-order valence-electron chi connectivity index (χ3n) is 3.56. The van der Waals surface area contributed by atoms with Crippen LogP contribution in [0.25, 0.3) is 0 Å². The largest absolute Gasteiger partial charge is 0.458 e. The Morgan fingerprint density at radius 3 is 2.91 bits per heavy atom. The Morgan fingerprint density at radius 2 is 2.23 bits per heavy atom. The molecule has 1 atom stereocenters. The second-order valence-corrected chi connectivity index (χ2v) is 6.46. The fraction of sp³-hybridized carbons (Fsp3) is 0.750. The summed E-state index contributed by atoms with van der Waals surface area (Å²) in [4.78, 5) is 18.4. The molecule has 1 fully saturated rings. The zero-order chi connectivity index (χ0) is 16.1. The summed E-state index contributed by atoms with van der Waals surface area (Å²) >= 11 is 0. The van der Waals surface area contributed by atoms with Crippen LogP contribution in [-0.2, 0) is 9.47 Å². The summed E-state index contributed by atoms with van der Waals surface area (Å²) in [5.41, 5.74) is 0.268. The van der Waals surface area contributed by atoms with Gasteiger partial charge in [0.05, 0.1) is 6.61 Å². The molecular formula is C16H26N2O4. The van der Waals surface area contributed by atoms with Gasteiger partial charge in [-0.2, -0.15) is 0 Å². The fourth-order valence-corrected chi connectivity index (χ4v) is 2.62. The maximum Gasteiger partial charge on any atom is 0.360 e. The van der Waals surface area contributed by atoms with E-state index in [1.807, 2.05) is 13.8 Å². The molecule has 2 rings (SSSR count). The lowest BCUT2D eigenvalue weighted by atomic mass is 10.1. The van der Waals surface area contributed by atoms with Crippen molar-refractivity contribution >= 4 is 5.97 Å². The Balaban J connectivity index is 1.84. The number of carbonyl (C=O) groups is 1. The Kier molecular flexibility index (Phi) is 5.97. The summed E-state index contributed by atoms with van der Waals surface area (Å²) in [5, 5.41) is 0. The number of esters is 1. The number of morpholine rings is 1. The van der Waals surface area contributed by atoms with E-state index in [0.29, 0.717) is 18.3 Å². The lowest BCUT2D eigenvalue weighted by molar-refractivity contribution is -0.0614. The molecule has 0 amide bonds. The van der Waals surface area contributed by atoms with Crippen molar-refractivity contribution in [2.45, 2.75) is 39.7 Å². The first-order valence-corrected chi connectivity index (χ1v) is 7.91. The van der Waals surface area contributed by atoms with Gasteiger partial charge in [0, 0.05) is 25.6 Å². The molecule has 1 saturated heterocycles. The molecule has 1 aromatic heterocycles. The zero-order valence-corrected chi connectivity index (χ0v) is 13.9. The number of ether oxygens (including phenoxy) is 2. The van der Waals surface area contributed by atoms with E-state index in [-0.39, 0.29) is 24.3 Å². The van der Waals surface area contributed by atoms with Crippen LogP contribution in [0.1, 0.15) is 49.9 Å². The molecule has 6 heteroatoms. The highest BCUT2D eigenvalue weighted by Crippen LogP contribution is 2.19. The summed E-state index contributed by atoms with van der Waals surface area (Å²) < 4.78 is 16.3. The standard InChI is InChI=1S/C16H26N2O4/c1-11(2)7-18-5-6-20-13(8-18)9-21-16(19)14-15(12(3)4)22-10-17-14/h10-13H,5-9H2,1-4H3/t13-/m0/s1. The highest BCUT2D eigenvalue weighted by Gasteiger charge is 2.25. The van der Waals surface area contributed by atoms with Crippen molar-refractivity contribution in [1.82, 2.24) is 9.88 Å². The van der Waals surface area contributed by atoms with Crippen LogP contribution in [-0.4, -0.2) is 54.8 Å². The molecule has 0 aliphatic carbocycles. The molecule has 0 radical (unpaired) electrons. The van der Waals surface area contributed by atoms with E-state index in [2.05, 4.69) is 23.7 Å². The zero-order valence-electron chi connectivity index (χ0n) is 13.9. The van der Waals surface area contributed by atoms with Gasteiger partial charge in [-0.3, -0.25) is 4.90 Å². The van der Waals surface area contributed by atoms with Crippen molar-refractivity contribution in [1.29, 1.82) is 0 Å². The topological polar surface area (TPSA) is 64.8 Å². The van der Waals surface area contributed by atoms with E-state index in [1.165, 1.54) is 6.39 Å². The average Bonchev–Trinajstić information content (AvgIpc) is 2.94. The lowest BCUT2D eigenvalue weighted by Gasteiger charge is -2.33. The Morgan fingerprint density at radius 1 is 1.45 bits per heavy atom. The van der Waals surface area contributed by atoms with E-state index < -0.39 is 5.97 Å². The second kappa shape index (κ2) is 7.74. The Hall–Kier alpha value is -1.40. The van der Waals surface area contributed by atoms with Crippen molar-refractivity contribution in [2.24, 2.45) is 5.92 Å². The summed E-state index contributed by atoms with van der Waals surface area (Å²) in [6.45, 7) is 12.0. The van der Waals surface area contributed by atoms with E-state index in [0.717, 1.165) is 19.6 Å². The fourth-order valence-electron chi connectivity index (χ4n) is 2.62. The molecule has 2 heterocycles. The average molecular weight is 310 g/mol. The van der Waals surface area contributed by atoms with Crippen molar-refractivity contribution < 1.29 is 18.7 Å². The number of hydrogen-bond acceptors (Lipinski definition) is 6. The first-order valence-electron chi connectivity index (χ1n) is 7.91. The molecule has 22 heavy (non-hydrogen) atoms. The van der Waals surface area contributed by atoms with Gasteiger partial charge in [0.2, 0.25) is 0 Å². The molecule has 1 aliphatic heterocycles.